The van der Waals surface area contributed by atoms with E-state index >= 15 is 0 Å². The van der Waals surface area contributed by atoms with Crippen LogP contribution < -0.4 is 4.74 Å². The zero-order valence-corrected chi connectivity index (χ0v) is 13.0. The Hall–Kier alpha value is -2.35. The Kier molecular flexibility index (Phi) is 3.99. The van der Waals surface area contributed by atoms with Crippen molar-refractivity contribution in [2.75, 3.05) is 0 Å². The molecule has 0 radical (unpaired) electrons. The highest BCUT2D eigenvalue weighted by Crippen LogP contribution is 2.33. The van der Waals surface area contributed by atoms with E-state index in [1.165, 1.54) is 0 Å². The lowest BCUT2D eigenvalue weighted by atomic mass is 9.96. The van der Waals surface area contributed by atoms with Crippen LogP contribution in [-0.2, 0) is 5.41 Å². The molecule has 1 aromatic carbocycles. The molecule has 0 aliphatic heterocycles. The summed E-state index contributed by atoms with van der Waals surface area (Å²) in [6, 6.07) is 7.44. The van der Waals surface area contributed by atoms with Gasteiger partial charge in [-0.3, -0.25) is 0 Å². The van der Waals surface area contributed by atoms with Crippen LogP contribution in [0.1, 0.15) is 46.0 Å². The normalized spacial score (nSPS) is 11.5. The molecule has 0 N–H and O–H groups in total. The number of nitrogens with zero attached hydrogens (tertiary/aromatic N) is 3. The molecule has 0 saturated carbocycles. The van der Waals surface area contributed by atoms with E-state index in [2.05, 4.69) is 16.2 Å². The third kappa shape index (κ3) is 3.22. The lowest BCUT2D eigenvalue weighted by Crippen LogP contribution is -2.13. The first kappa shape index (κ1) is 15.0. The number of ether oxygens (including phenoxy) is 1. The van der Waals surface area contributed by atoms with Gasteiger partial charge in [0.2, 0.25) is 0 Å². The van der Waals surface area contributed by atoms with Gasteiger partial charge in [0.25, 0.3) is 5.89 Å². The second-order valence-electron chi connectivity index (χ2n) is 6.13. The molecule has 2 aromatic rings. The van der Waals surface area contributed by atoms with Gasteiger partial charge in [-0.05, 0) is 26.0 Å². The predicted octanol–water partition coefficient (Wildman–Crippen LogP) is 3.69. The molecule has 0 unspecified atom stereocenters. The Bertz CT molecular complexity index is 676. The Morgan fingerprint density at radius 1 is 1.29 bits per heavy atom. The van der Waals surface area contributed by atoms with Crippen LogP contribution in [0.15, 0.2) is 22.7 Å². The maximum absolute atomic E-state index is 9.24. The maximum atomic E-state index is 9.24. The molecule has 0 spiro atoms. The first-order valence-electron chi connectivity index (χ1n) is 6.87. The molecule has 5 nitrogen and oxygen atoms in total. The number of aromatic nitrogens is 2. The fraction of sp³-hybridized carbons (Fsp3) is 0.438. The Morgan fingerprint density at radius 2 is 2.00 bits per heavy atom. The van der Waals surface area contributed by atoms with Crippen LogP contribution in [-0.4, -0.2) is 16.2 Å². The van der Waals surface area contributed by atoms with E-state index in [0.717, 1.165) is 0 Å². The van der Waals surface area contributed by atoms with E-state index in [1.54, 1.807) is 12.1 Å². The number of para-hydroxylation sites is 1. The topological polar surface area (TPSA) is 71.9 Å². The van der Waals surface area contributed by atoms with Gasteiger partial charge in [0, 0.05) is 5.41 Å². The van der Waals surface area contributed by atoms with Gasteiger partial charge in [0.1, 0.15) is 11.8 Å². The molecule has 1 aromatic heterocycles. The molecule has 2 rings (SSSR count). The SMILES string of the molecule is CC(C)Oc1c(C#N)cccc1-c1nc(C(C)(C)C)no1. The van der Waals surface area contributed by atoms with Crippen LogP contribution in [0.25, 0.3) is 11.5 Å². The summed E-state index contributed by atoms with van der Waals surface area (Å²) in [5.41, 5.74) is 0.899. The summed E-state index contributed by atoms with van der Waals surface area (Å²) in [4.78, 5) is 4.43. The third-order valence-electron chi connectivity index (χ3n) is 2.82. The highest BCUT2D eigenvalue weighted by atomic mass is 16.5. The summed E-state index contributed by atoms with van der Waals surface area (Å²) in [5, 5.41) is 13.3. The summed E-state index contributed by atoms with van der Waals surface area (Å²) >= 11 is 0. The lowest BCUT2D eigenvalue weighted by molar-refractivity contribution is 0.242. The van der Waals surface area contributed by atoms with Crippen LogP contribution in [0.5, 0.6) is 5.75 Å². The van der Waals surface area contributed by atoms with Crippen molar-refractivity contribution in [2.24, 2.45) is 0 Å². The zero-order chi connectivity index (χ0) is 15.6. The van der Waals surface area contributed by atoms with Gasteiger partial charge in [0.05, 0.1) is 17.2 Å². The van der Waals surface area contributed by atoms with Crippen molar-refractivity contribution in [1.29, 1.82) is 5.26 Å². The molecule has 0 bridgehead atoms. The quantitative estimate of drug-likeness (QED) is 0.860. The number of hydrogen-bond acceptors (Lipinski definition) is 5. The highest BCUT2D eigenvalue weighted by Gasteiger charge is 2.24. The summed E-state index contributed by atoms with van der Waals surface area (Å²) < 4.78 is 11.1. The first-order valence-corrected chi connectivity index (χ1v) is 6.87. The van der Waals surface area contributed by atoms with Crippen LogP contribution in [0, 0.1) is 11.3 Å². The van der Waals surface area contributed by atoms with E-state index in [1.807, 2.05) is 40.7 Å². The van der Waals surface area contributed by atoms with Crippen molar-refractivity contribution >= 4 is 0 Å². The summed E-state index contributed by atoms with van der Waals surface area (Å²) in [6.45, 7) is 9.86. The van der Waals surface area contributed by atoms with Crippen LogP contribution >= 0.6 is 0 Å². The minimum atomic E-state index is -0.201. The minimum Gasteiger partial charge on any atom is -0.489 e. The summed E-state index contributed by atoms with van der Waals surface area (Å²) in [5.74, 6) is 1.47. The van der Waals surface area contributed by atoms with Crippen LogP contribution in [0.4, 0.5) is 0 Å². The van der Waals surface area contributed by atoms with Gasteiger partial charge >= 0.3 is 0 Å². The van der Waals surface area contributed by atoms with E-state index in [9.17, 15) is 5.26 Å². The van der Waals surface area contributed by atoms with Crippen molar-refractivity contribution in [3.8, 4) is 23.3 Å². The predicted molar refractivity (Wildman–Crippen MR) is 78.9 cm³/mol. The molecule has 0 aliphatic carbocycles. The van der Waals surface area contributed by atoms with Crippen molar-refractivity contribution in [3.63, 3.8) is 0 Å². The third-order valence-corrected chi connectivity index (χ3v) is 2.82. The maximum Gasteiger partial charge on any atom is 0.261 e. The molecule has 0 amide bonds. The summed E-state index contributed by atoms with van der Waals surface area (Å²) in [6.07, 6.45) is -0.0525. The molecule has 0 saturated heterocycles. The molecule has 1 heterocycles. The molecule has 0 aliphatic rings. The van der Waals surface area contributed by atoms with Gasteiger partial charge in [-0.15, -0.1) is 0 Å². The van der Waals surface area contributed by atoms with Crippen molar-refractivity contribution < 1.29 is 9.26 Å². The lowest BCUT2D eigenvalue weighted by Gasteiger charge is -2.14. The smallest absolute Gasteiger partial charge is 0.261 e. The number of benzene rings is 1. The number of rotatable bonds is 3. The summed E-state index contributed by atoms with van der Waals surface area (Å²) in [7, 11) is 0. The molecular formula is C16H19N3O2. The standard InChI is InChI=1S/C16H19N3O2/c1-10(2)20-13-11(9-17)7-6-8-12(13)14-18-15(19-21-14)16(3,4)5/h6-8,10H,1-5H3. The Morgan fingerprint density at radius 3 is 2.52 bits per heavy atom. The van der Waals surface area contributed by atoms with E-state index in [4.69, 9.17) is 9.26 Å². The molecule has 110 valence electrons. The molecule has 21 heavy (non-hydrogen) atoms. The number of hydrogen-bond donors (Lipinski definition) is 0. The van der Waals surface area contributed by atoms with Gasteiger partial charge < -0.3 is 9.26 Å². The number of nitriles is 1. The van der Waals surface area contributed by atoms with Gasteiger partial charge in [-0.25, -0.2) is 0 Å². The van der Waals surface area contributed by atoms with Gasteiger partial charge in [0.15, 0.2) is 5.82 Å². The average molecular weight is 285 g/mol. The first-order chi connectivity index (χ1) is 9.82. The van der Waals surface area contributed by atoms with E-state index in [-0.39, 0.29) is 11.5 Å². The van der Waals surface area contributed by atoms with Crippen molar-refractivity contribution in [1.82, 2.24) is 10.1 Å². The highest BCUT2D eigenvalue weighted by molar-refractivity contribution is 5.67. The van der Waals surface area contributed by atoms with Crippen molar-refractivity contribution in [3.05, 3.63) is 29.6 Å². The molecule has 0 fully saturated rings. The second-order valence-corrected chi connectivity index (χ2v) is 6.13. The van der Waals surface area contributed by atoms with E-state index in [0.29, 0.717) is 28.6 Å². The molecule has 0 atom stereocenters. The van der Waals surface area contributed by atoms with Gasteiger partial charge in [-0.1, -0.05) is 32.0 Å². The van der Waals surface area contributed by atoms with Crippen LogP contribution in [0.2, 0.25) is 0 Å². The second kappa shape index (κ2) is 5.57. The van der Waals surface area contributed by atoms with Crippen LogP contribution in [0.3, 0.4) is 0 Å². The fourth-order valence-corrected chi connectivity index (χ4v) is 1.79. The Labute approximate surface area is 124 Å². The monoisotopic (exact) mass is 285 g/mol. The molecular weight excluding hydrogens is 266 g/mol. The average Bonchev–Trinajstić information content (AvgIpc) is 2.87. The van der Waals surface area contributed by atoms with Crippen molar-refractivity contribution in [2.45, 2.75) is 46.1 Å². The molecule has 5 heteroatoms. The van der Waals surface area contributed by atoms with E-state index < -0.39 is 0 Å². The Balaban J connectivity index is 2.53. The fourth-order valence-electron chi connectivity index (χ4n) is 1.79. The largest absolute Gasteiger partial charge is 0.489 e. The minimum absolute atomic E-state index is 0.0525. The zero-order valence-electron chi connectivity index (χ0n) is 13.0. The van der Waals surface area contributed by atoms with Gasteiger partial charge in [-0.2, -0.15) is 10.2 Å².